The smallest absolute Gasteiger partial charge is 0.257 e. The molecule has 0 N–H and O–H groups in total. The number of carbonyl (C=O) groups excluding carboxylic acids is 1. The Morgan fingerprint density at radius 2 is 1.78 bits per heavy atom. The van der Waals surface area contributed by atoms with E-state index in [2.05, 4.69) is 4.98 Å². The fourth-order valence-corrected chi connectivity index (χ4v) is 5.38. The van der Waals surface area contributed by atoms with Crippen LogP contribution < -0.4 is 0 Å². The lowest BCUT2D eigenvalue weighted by molar-refractivity contribution is 0.0697. The minimum Gasteiger partial charge on any atom is -0.336 e. The van der Waals surface area contributed by atoms with Crippen LogP contribution in [-0.4, -0.2) is 54.7 Å². The maximum atomic E-state index is 13.0. The maximum Gasteiger partial charge on any atom is 0.257 e. The van der Waals surface area contributed by atoms with Gasteiger partial charge < -0.3 is 4.90 Å². The summed E-state index contributed by atoms with van der Waals surface area (Å²) in [5, 5.41) is 0.163. The Morgan fingerprint density at radius 1 is 1.04 bits per heavy atom. The predicted octanol–water partition coefficient (Wildman–Crippen LogP) is 2.37. The SMILES string of the molecule is O=C(c1cccnc1Cl)N1CCN(S(=O)(=O)c2ccc3c(c2)CCC3)CC1. The monoisotopic (exact) mass is 405 g/mol. The van der Waals surface area contributed by atoms with E-state index in [0.717, 1.165) is 24.8 Å². The Morgan fingerprint density at radius 3 is 2.52 bits per heavy atom. The van der Waals surface area contributed by atoms with Gasteiger partial charge >= 0.3 is 0 Å². The summed E-state index contributed by atoms with van der Waals surface area (Å²) in [4.78, 5) is 18.5. The number of hydrogen-bond acceptors (Lipinski definition) is 4. The molecule has 0 bridgehead atoms. The van der Waals surface area contributed by atoms with Crippen molar-refractivity contribution in [3.63, 3.8) is 0 Å². The normalized spacial score (nSPS) is 17.7. The first kappa shape index (κ1) is 18.4. The molecule has 1 saturated heterocycles. The van der Waals surface area contributed by atoms with Crippen molar-refractivity contribution in [3.8, 4) is 0 Å². The lowest BCUT2D eigenvalue weighted by atomic mass is 10.1. The molecular formula is C19H20ClN3O3S. The molecule has 142 valence electrons. The highest BCUT2D eigenvalue weighted by molar-refractivity contribution is 7.89. The maximum absolute atomic E-state index is 13.0. The Bertz CT molecular complexity index is 985. The van der Waals surface area contributed by atoms with E-state index in [1.807, 2.05) is 12.1 Å². The number of carbonyl (C=O) groups is 1. The number of nitrogens with zero attached hydrogens (tertiary/aromatic N) is 3. The molecular weight excluding hydrogens is 386 g/mol. The van der Waals surface area contributed by atoms with Crippen molar-refractivity contribution in [2.24, 2.45) is 0 Å². The van der Waals surface area contributed by atoms with E-state index in [1.165, 1.54) is 16.1 Å². The molecule has 1 aliphatic carbocycles. The van der Waals surface area contributed by atoms with E-state index in [9.17, 15) is 13.2 Å². The zero-order valence-electron chi connectivity index (χ0n) is 14.8. The van der Waals surface area contributed by atoms with E-state index in [-0.39, 0.29) is 24.1 Å². The van der Waals surface area contributed by atoms with Crippen molar-refractivity contribution in [2.45, 2.75) is 24.2 Å². The number of hydrogen-bond donors (Lipinski definition) is 0. The molecule has 1 aromatic carbocycles. The standard InChI is InChI=1S/C19H20ClN3O3S/c20-18-17(5-2-8-21-18)19(24)22-9-11-23(12-10-22)27(25,26)16-7-6-14-3-1-4-15(14)13-16/h2,5-8,13H,1,3-4,9-12H2. The summed E-state index contributed by atoms with van der Waals surface area (Å²) >= 11 is 6.00. The average Bonchev–Trinajstić information content (AvgIpc) is 3.16. The molecule has 0 unspecified atom stereocenters. The number of rotatable bonds is 3. The lowest BCUT2D eigenvalue weighted by Gasteiger charge is -2.34. The van der Waals surface area contributed by atoms with Gasteiger partial charge in [-0.15, -0.1) is 0 Å². The Hall–Kier alpha value is -1.96. The summed E-state index contributed by atoms with van der Waals surface area (Å²) in [6.45, 7) is 1.19. The van der Waals surface area contributed by atoms with Gasteiger partial charge in [0.15, 0.2) is 0 Å². The molecule has 1 fully saturated rings. The highest BCUT2D eigenvalue weighted by atomic mass is 35.5. The molecule has 8 heteroatoms. The quantitative estimate of drug-likeness (QED) is 0.735. The number of fused-ring (bicyclic) bond motifs is 1. The summed E-state index contributed by atoms with van der Waals surface area (Å²) in [7, 11) is -3.55. The zero-order chi connectivity index (χ0) is 19.0. The van der Waals surface area contributed by atoms with Gasteiger partial charge in [0.2, 0.25) is 10.0 Å². The molecule has 0 saturated carbocycles. The third-order valence-electron chi connectivity index (χ3n) is 5.22. The van der Waals surface area contributed by atoms with Crippen molar-refractivity contribution in [3.05, 3.63) is 58.4 Å². The molecule has 1 amide bonds. The van der Waals surface area contributed by atoms with Crippen molar-refractivity contribution in [1.82, 2.24) is 14.2 Å². The largest absolute Gasteiger partial charge is 0.336 e. The molecule has 1 aromatic heterocycles. The Labute approximate surface area is 163 Å². The minimum atomic E-state index is -3.55. The van der Waals surface area contributed by atoms with Gasteiger partial charge in [-0.2, -0.15) is 4.31 Å². The number of pyridine rings is 1. The van der Waals surface area contributed by atoms with Crippen molar-refractivity contribution in [1.29, 1.82) is 0 Å². The molecule has 27 heavy (non-hydrogen) atoms. The van der Waals surface area contributed by atoms with Crippen LogP contribution in [0.1, 0.15) is 27.9 Å². The van der Waals surface area contributed by atoms with Gasteiger partial charge in [-0.05, 0) is 54.7 Å². The number of aromatic nitrogens is 1. The molecule has 4 rings (SSSR count). The first-order valence-electron chi connectivity index (χ1n) is 8.98. The number of halogens is 1. The molecule has 0 atom stereocenters. The Kier molecular flexibility index (Phi) is 4.92. The van der Waals surface area contributed by atoms with Gasteiger partial charge in [0.1, 0.15) is 5.15 Å². The highest BCUT2D eigenvalue weighted by Gasteiger charge is 2.31. The third kappa shape index (κ3) is 3.47. The van der Waals surface area contributed by atoms with E-state index in [0.29, 0.717) is 23.5 Å². The van der Waals surface area contributed by atoms with Crippen molar-refractivity contribution < 1.29 is 13.2 Å². The van der Waals surface area contributed by atoms with E-state index >= 15 is 0 Å². The van der Waals surface area contributed by atoms with Crippen molar-refractivity contribution in [2.75, 3.05) is 26.2 Å². The van der Waals surface area contributed by atoms with Crippen LogP contribution in [0.2, 0.25) is 5.15 Å². The zero-order valence-corrected chi connectivity index (χ0v) is 16.3. The third-order valence-corrected chi connectivity index (χ3v) is 7.42. The molecule has 2 heterocycles. The highest BCUT2D eigenvalue weighted by Crippen LogP contribution is 2.27. The number of amides is 1. The summed E-state index contributed by atoms with van der Waals surface area (Å²) in [6, 6.07) is 8.73. The summed E-state index contributed by atoms with van der Waals surface area (Å²) in [5.74, 6) is -0.220. The summed E-state index contributed by atoms with van der Waals surface area (Å²) < 4.78 is 27.4. The van der Waals surface area contributed by atoms with Gasteiger partial charge in [-0.3, -0.25) is 4.79 Å². The van der Waals surface area contributed by atoms with Crippen LogP contribution in [0, 0.1) is 0 Å². The molecule has 2 aliphatic rings. The number of aryl methyl sites for hydroxylation is 2. The predicted molar refractivity (Wildman–Crippen MR) is 102 cm³/mol. The number of sulfonamides is 1. The van der Waals surface area contributed by atoms with Crippen LogP contribution in [-0.2, 0) is 22.9 Å². The summed E-state index contributed by atoms with van der Waals surface area (Å²) in [6.07, 6.45) is 4.57. The summed E-state index contributed by atoms with van der Waals surface area (Å²) in [5.41, 5.74) is 2.72. The fourth-order valence-electron chi connectivity index (χ4n) is 3.71. The first-order chi connectivity index (χ1) is 13.0. The number of piperazine rings is 1. The lowest BCUT2D eigenvalue weighted by Crippen LogP contribution is -2.50. The molecule has 2 aromatic rings. The van der Waals surface area contributed by atoms with Crippen LogP contribution in [0.15, 0.2) is 41.4 Å². The molecule has 0 radical (unpaired) electrons. The second-order valence-electron chi connectivity index (χ2n) is 6.82. The minimum absolute atomic E-state index is 0.163. The fraction of sp³-hybridized carbons (Fsp3) is 0.368. The van der Waals surface area contributed by atoms with E-state index in [1.54, 1.807) is 23.1 Å². The van der Waals surface area contributed by atoms with Gasteiger partial charge in [0, 0.05) is 32.4 Å². The molecule has 1 aliphatic heterocycles. The van der Waals surface area contributed by atoms with Crippen LogP contribution in [0.5, 0.6) is 0 Å². The van der Waals surface area contributed by atoms with Gasteiger partial charge in [-0.1, -0.05) is 17.7 Å². The van der Waals surface area contributed by atoms with Gasteiger partial charge in [0.05, 0.1) is 10.5 Å². The van der Waals surface area contributed by atoms with Crippen LogP contribution in [0.25, 0.3) is 0 Å². The second-order valence-corrected chi connectivity index (χ2v) is 9.12. The topological polar surface area (TPSA) is 70.6 Å². The van der Waals surface area contributed by atoms with Gasteiger partial charge in [-0.25, -0.2) is 13.4 Å². The second kappa shape index (κ2) is 7.22. The molecule has 6 nitrogen and oxygen atoms in total. The van der Waals surface area contributed by atoms with Crippen LogP contribution in [0.3, 0.4) is 0 Å². The van der Waals surface area contributed by atoms with Crippen LogP contribution in [0.4, 0.5) is 0 Å². The first-order valence-corrected chi connectivity index (χ1v) is 10.8. The van der Waals surface area contributed by atoms with E-state index < -0.39 is 10.0 Å². The van der Waals surface area contributed by atoms with Gasteiger partial charge in [0.25, 0.3) is 5.91 Å². The van der Waals surface area contributed by atoms with Crippen LogP contribution >= 0.6 is 11.6 Å². The number of benzene rings is 1. The average molecular weight is 406 g/mol. The Balaban J connectivity index is 1.47. The van der Waals surface area contributed by atoms with E-state index in [4.69, 9.17) is 11.6 Å². The molecule has 0 spiro atoms. The van der Waals surface area contributed by atoms with Crippen molar-refractivity contribution >= 4 is 27.5 Å².